The van der Waals surface area contributed by atoms with Crippen LogP contribution in [0.1, 0.15) is 44.7 Å². The molecule has 4 heteroatoms. The molecule has 0 aromatic carbocycles. The van der Waals surface area contributed by atoms with Crippen LogP contribution in [0.2, 0.25) is 0 Å². The molecular formula is C14H23N3O. The summed E-state index contributed by atoms with van der Waals surface area (Å²) in [4.78, 5) is 8.56. The number of rotatable bonds is 7. The third kappa shape index (κ3) is 3.42. The van der Waals surface area contributed by atoms with Crippen molar-refractivity contribution in [2.24, 2.45) is 5.41 Å². The van der Waals surface area contributed by atoms with E-state index in [2.05, 4.69) is 35.2 Å². The second-order valence-corrected chi connectivity index (χ2v) is 5.58. The highest BCUT2D eigenvalue weighted by Gasteiger charge is 2.41. The van der Waals surface area contributed by atoms with Crippen LogP contribution in [0.25, 0.3) is 0 Å². The molecule has 1 heterocycles. The van der Waals surface area contributed by atoms with Crippen molar-refractivity contribution in [2.75, 3.05) is 25.6 Å². The van der Waals surface area contributed by atoms with E-state index in [1.54, 1.807) is 13.4 Å². The van der Waals surface area contributed by atoms with E-state index in [1.165, 1.54) is 12.8 Å². The monoisotopic (exact) mass is 249 g/mol. The van der Waals surface area contributed by atoms with Crippen molar-refractivity contribution in [3.05, 3.63) is 18.1 Å². The van der Waals surface area contributed by atoms with Crippen molar-refractivity contribution in [3.63, 3.8) is 0 Å². The van der Waals surface area contributed by atoms with E-state index in [4.69, 9.17) is 4.74 Å². The molecule has 18 heavy (non-hydrogen) atoms. The van der Waals surface area contributed by atoms with Crippen molar-refractivity contribution >= 4 is 5.82 Å². The minimum Gasteiger partial charge on any atom is -0.385 e. The standard InChI is InChI=1S/C14H23N3O/c1-11(2)12-8-13(17-10-16-12)15-9-14(4-5-14)6-7-18-3/h8,10-11H,4-7,9H2,1-3H3,(H,15,16,17). The van der Waals surface area contributed by atoms with Crippen molar-refractivity contribution < 1.29 is 4.74 Å². The second-order valence-electron chi connectivity index (χ2n) is 5.58. The van der Waals surface area contributed by atoms with Gasteiger partial charge in [0.2, 0.25) is 0 Å². The van der Waals surface area contributed by atoms with Crippen LogP contribution in [0.5, 0.6) is 0 Å². The Labute approximate surface area is 109 Å². The van der Waals surface area contributed by atoms with Gasteiger partial charge in [-0.05, 0) is 30.6 Å². The third-order valence-corrected chi connectivity index (χ3v) is 3.72. The molecule has 0 unspecified atom stereocenters. The molecule has 1 saturated carbocycles. The summed E-state index contributed by atoms with van der Waals surface area (Å²) in [5, 5.41) is 3.44. The lowest BCUT2D eigenvalue weighted by Crippen LogP contribution is -2.18. The summed E-state index contributed by atoms with van der Waals surface area (Å²) in [7, 11) is 1.77. The number of methoxy groups -OCH3 is 1. The van der Waals surface area contributed by atoms with E-state index >= 15 is 0 Å². The van der Waals surface area contributed by atoms with E-state index in [0.717, 1.165) is 31.1 Å². The van der Waals surface area contributed by atoms with Gasteiger partial charge in [0.15, 0.2) is 0 Å². The van der Waals surface area contributed by atoms with Crippen molar-refractivity contribution in [1.29, 1.82) is 0 Å². The molecule has 2 rings (SSSR count). The SMILES string of the molecule is COCCC1(CNc2cc(C(C)C)ncn2)CC1. The zero-order chi connectivity index (χ0) is 13.0. The molecule has 1 aliphatic carbocycles. The average molecular weight is 249 g/mol. The smallest absolute Gasteiger partial charge is 0.129 e. The van der Waals surface area contributed by atoms with Crippen LogP contribution in [-0.4, -0.2) is 30.2 Å². The van der Waals surface area contributed by atoms with Gasteiger partial charge in [0, 0.05) is 32.0 Å². The summed E-state index contributed by atoms with van der Waals surface area (Å²) in [6.07, 6.45) is 5.38. The molecule has 0 atom stereocenters. The van der Waals surface area contributed by atoms with E-state index in [1.807, 2.05) is 0 Å². The normalized spacial score (nSPS) is 16.9. The molecule has 4 nitrogen and oxygen atoms in total. The molecule has 1 fully saturated rings. The van der Waals surface area contributed by atoms with Gasteiger partial charge >= 0.3 is 0 Å². The first-order chi connectivity index (χ1) is 8.65. The van der Waals surface area contributed by atoms with Crippen LogP contribution in [0.4, 0.5) is 5.82 Å². The van der Waals surface area contributed by atoms with Gasteiger partial charge in [-0.15, -0.1) is 0 Å². The number of hydrogen-bond donors (Lipinski definition) is 1. The lowest BCUT2D eigenvalue weighted by atomic mass is 10.0. The fourth-order valence-corrected chi connectivity index (χ4v) is 2.07. The Morgan fingerprint density at radius 1 is 1.39 bits per heavy atom. The van der Waals surface area contributed by atoms with Crippen LogP contribution >= 0.6 is 0 Å². The number of hydrogen-bond acceptors (Lipinski definition) is 4. The topological polar surface area (TPSA) is 47.0 Å². The van der Waals surface area contributed by atoms with Gasteiger partial charge in [0.1, 0.15) is 12.1 Å². The number of anilines is 1. The Bertz CT molecular complexity index is 388. The van der Waals surface area contributed by atoms with E-state index in [0.29, 0.717) is 11.3 Å². The van der Waals surface area contributed by atoms with Crippen LogP contribution in [0, 0.1) is 5.41 Å². The summed E-state index contributed by atoms with van der Waals surface area (Å²) < 4.78 is 5.17. The summed E-state index contributed by atoms with van der Waals surface area (Å²) in [5.41, 5.74) is 1.54. The summed E-state index contributed by atoms with van der Waals surface area (Å²) in [6.45, 7) is 6.13. The summed E-state index contributed by atoms with van der Waals surface area (Å²) in [5.74, 6) is 1.38. The third-order valence-electron chi connectivity index (χ3n) is 3.72. The Morgan fingerprint density at radius 2 is 2.17 bits per heavy atom. The van der Waals surface area contributed by atoms with Gasteiger partial charge in [-0.2, -0.15) is 0 Å². The highest BCUT2D eigenvalue weighted by molar-refractivity contribution is 5.36. The van der Waals surface area contributed by atoms with E-state index < -0.39 is 0 Å². The molecule has 1 N–H and O–H groups in total. The Morgan fingerprint density at radius 3 is 2.78 bits per heavy atom. The molecule has 100 valence electrons. The summed E-state index contributed by atoms with van der Waals surface area (Å²) >= 11 is 0. The van der Waals surface area contributed by atoms with Gasteiger partial charge in [0.25, 0.3) is 0 Å². The zero-order valence-corrected chi connectivity index (χ0v) is 11.6. The van der Waals surface area contributed by atoms with Crippen molar-refractivity contribution in [2.45, 2.75) is 39.0 Å². The van der Waals surface area contributed by atoms with E-state index in [9.17, 15) is 0 Å². The maximum absolute atomic E-state index is 5.17. The molecule has 0 spiro atoms. The average Bonchev–Trinajstić information content (AvgIpc) is 3.15. The number of aromatic nitrogens is 2. The van der Waals surface area contributed by atoms with Gasteiger partial charge in [-0.25, -0.2) is 9.97 Å². The highest BCUT2D eigenvalue weighted by Crippen LogP contribution is 2.48. The van der Waals surface area contributed by atoms with Gasteiger partial charge in [-0.1, -0.05) is 13.8 Å². The Kier molecular flexibility index (Phi) is 4.17. The highest BCUT2D eigenvalue weighted by atomic mass is 16.5. The lowest BCUT2D eigenvalue weighted by molar-refractivity contribution is 0.175. The first kappa shape index (κ1) is 13.3. The molecule has 0 radical (unpaired) electrons. The van der Waals surface area contributed by atoms with Crippen LogP contribution in [0.3, 0.4) is 0 Å². The largest absolute Gasteiger partial charge is 0.385 e. The van der Waals surface area contributed by atoms with Gasteiger partial charge in [-0.3, -0.25) is 0 Å². The molecular weight excluding hydrogens is 226 g/mol. The van der Waals surface area contributed by atoms with Crippen LogP contribution in [0.15, 0.2) is 12.4 Å². The maximum Gasteiger partial charge on any atom is 0.129 e. The first-order valence-corrected chi connectivity index (χ1v) is 6.70. The van der Waals surface area contributed by atoms with Crippen LogP contribution < -0.4 is 5.32 Å². The minimum atomic E-state index is 0.442. The zero-order valence-electron chi connectivity index (χ0n) is 11.6. The number of nitrogens with zero attached hydrogens (tertiary/aromatic N) is 2. The van der Waals surface area contributed by atoms with E-state index in [-0.39, 0.29) is 0 Å². The predicted molar refractivity (Wildman–Crippen MR) is 72.8 cm³/mol. The van der Waals surface area contributed by atoms with Gasteiger partial charge < -0.3 is 10.1 Å². The molecule has 0 bridgehead atoms. The molecule has 1 aromatic rings. The quantitative estimate of drug-likeness (QED) is 0.807. The van der Waals surface area contributed by atoms with Crippen molar-refractivity contribution in [1.82, 2.24) is 9.97 Å². The number of ether oxygens (including phenoxy) is 1. The van der Waals surface area contributed by atoms with Crippen LogP contribution in [-0.2, 0) is 4.74 Å². The second kappa shape index (κ2) is 5.65. The molecule has 0 aliphatic heterocycles. The maximum atomic E-state index is 5.17. The molecule has 1 aliphatic rings. The minimum absolute atomic E-state index is 0.442. The summed E-state index contributed by atoms with van der Waals surface area (Å²) in [6, 6.07) is 2.05. The molecule has 0 saturated heterocycles. The van der Waals surface area contributed by atoms with Gasteiger partial charge in [0.05, 0.1) is 0 Å². The first-order valence-electron chi connectivity index (χ1n) is 6.70. The molecule has 1 aromatic heterocycles. The Balaban J connectivity index is 1.88. The number of nitrogens with one attached hydrogen (secondary N) is 1. The molecule has 0 amide bonds. The fourth-order valence-electron chi connectivity index (χ4n) is 2.07. The Hall–Kier alpha value is -1.16. The predicted octanol–water partition coefficient (Wildman–Crippen LogP) is 2.83. The lowest BCUT2D eigenvalue weighted by Gasteiger charge is -2.16. The van der Waals surface area contributed by atoms with Crippen molar-refractivity contribution in [3.8, 4) is 0 Å². The fraction of sp³-hybridized carbons (Fsp3) is 0.714.